The molecule has 0 fully saturated rings. The molecule has 0 aliphatic rings. The minimum absolute atomic E-state index is 0.0414. The third-order valence-electron chi connectivity index (χ3n) is 2.29. The summed E-state index contributed by atoms with van der Waals surface area (Å²) in [6, 6.07) is 0. The number of ether oxygens (including phenoxy) is 1. The Balaban J connectivity index is 3.36. The molecule has 0 saturated heterocycles. The molecule has 1 rings (SSSR count). The van der Waals surface area contributed by atoms with E-state index in [0.717, 1.165) is 11.5 Å². The lowest BCUT2D eigenvalue weighted by atomic mass is 10.3. The zero-order chi connectivity index (χ0) is 16.7. The molecular weight excluding hydrogens is 344 g/mol. The summed E-state index contributed by atoms with van der Waals surface area (Å²) in [6.45, 7) is 7.65. The van der Waals surface area contributed by atoms with E-state index in [0.29, 0.717) is 10.8 Å². The molecule has 7 nitrogen and oxygen atoms in total. The van der Waals surface area contributed by atoms with E-state index >= 15 is 0 Å². The summed E-state index contributed by atoms with van der Waals surface area (Å²) in [7, 11) is 0. The van der Waals surface area contributed by atoms with Crippen molar-refractivity contribution in [3.05, 3.63) is 21.6 Å². The van der Waals surface area contributed by atoms with E-state index in [2.05, 4.69) is 9.97 Å². The number of hydrogen-bond acceptors (Lipinski definition) is 8. The maximum absolute atomic E-state index is 11.4. The number of thiocarbonyl (C=S) groups is 1. The molecule has 0 bridgehead atoms. The molecule has 0 atom stereocenters. The number of hydrogen-bond donors (Lipinski definition) is 0. The molecule has 1 heterocycles. The minimum atomic E-state index is -0.544. The Morgan fingerprint density at radius 1 is 1.32 bits per heavy atom. The highest BCUT2D eigenvalue weighted by Gasteiger charge is 2.30. The van der Waals surface area contributed by atoms with Crippen LogP contribution in [0.3, 0.4) is 0 Å². The van der Waals surface area contributed by atoms with Crippen LogP contribution in [0.5, 0.6) is 5.88 Å². The van der Waals surface area contributed by atoms with Crippen molar-refractivity contribution in [3.63, 3.8) is 0 Å². The first-order valence-electron chi connectivity index (χ1n) is 6.72. The molecule has 0 aliphatic heterocycles. The van der Waals surface area contributed by atoms with Crippen molar-refractivity contribution in [1.29, 1.82) is 0 Å². The van der Waals surface area contributed by atoms with Crippen LogP contribution in [-0.4, -0.2) is 41.7 Å². The van der Waals surface area contributed by atoms with Gasteiger partial charge in [-0.1, -0.05) is 26.1 Å². The smallest absolute Gasteiger partial charge is 0.359 e. The van der Waals surface area contributed by atoms with Gasteiger partial charge in [0.2, 0.25) is 0 Å². The minimum Gasteiger partial charge on any atom is -0.473 e. The van der Waals surface area contributed by atoms with Crippen molar-refractivity contribution in [2.45, 2.75) is 27.7 Å². The second-order valence-corrected chi connectivity index (χ2v) is 6.88. The van der Waals surface area contributed by atoms with Crippen LogP contribution in [0.1, 0.15) is 32.3 Å². The van der Waals surface area contributed by atoms with Gasteiger partial charge >= 0.3 is 5.69 Å². The average molecular weight is 363 g/mol. The summed E-state index contributed by atoms with van der Waals surface area (Å²) in [5, 5.41) is 11.4. The zero-order valence-corrected chi connectivity index (χ0v) is 15.3. The first kappa shape index (κ1) is 18.9. The van der Waals surface area contributed by atoms with Crippen molar-refractivity contribution in [2.75, 3.05) is 18.1 Å². The quantitative estimate of drug-likeness (QED) is 0.299. The van der Waals surface area contributed by atoms with E-state index in [-0.39, 0.29) is 23.9 Å². The van der Waals surface area contributed by atoms with Crippen LogP contribution in [0, 0.1) is 17.0 Å². The number of aryl methyl sites for hydroxylation is 1. The Labute approximate surface area is 143 Å². The van der Waals surface area contributed by atoms with E-state index in [1.165, 1.54) is 23.9 Å². The lowest BCUT2D eigenvalue weighted by molar-refractivity contribution is -0.386. The normalized spacial score (nSPS) is 10.4. The van der Waals surface area contributed by atoms with Crippen molar-refractivity contribution < 1.29 is 9.66 Å². The summed E-state index contributed by atoms with van der Waals surface area (Å²) in [5.41, 5.74) is -0.159. The Morgan fingerprint density at radius 2 is 1.91 bits per heavy atom. The highest BCUT2D eigenvalue weighted by atomic mass is 32.2. The molecule has 0 aromatic carbocycles. The van der Waals surface area contributed by atoms with Crippen molar-refractivity contribution >= 4 is 46.8 Å². The topological polar surface area (TPSA) is 81.4 Å². The Hall–Kier alpha value is -1.13. The van der Waals surface area contributed by atoms with Gasteiger partial charge in [0.15, 0.2) is 10.7 Å². The van der Waals surface area contributed by atoms with Crippen molar-refractivity contribution in [2.24, 2.45) is 0 Å². The van der Waals surface area contributed by atoms with Gasteiger partial charge in [-0.05, 0) is 37.7 Å². The summed E-state index contributed by atoms with van der Waals surface area (Å²) in [4.78, 5) is 19.4. The van der Waals surface area contributed by atoms with Crippen LogP contribution in [0.15, 0.2) is 0 Å². The molecule has 1 aromatic heterocycles. The predicted molar refractivity (Wildman–Crippen MR) is 94.4 cm³/mol. The Kier molecular flexibility index (Phi) is 7.83. The summed E-state index contributed by atoms with van der Waals surface area (Å²) < 4.78 is 7.06. The molecule has 22 heavy (non-hydrogen) atoms. The maximum Gasteiger partial charge on any atom is 0.359 e. The fourth-order valence-electron chi connectivity index (χ4n) is 1.57. The fraction of sp³-hybridized carbons (Fsp3) is 0.583. The van der Waals surface area contributed by atoms with Gasteiger partial charge in [0.1, 0.15) is 5.82 Å². The SMILES string of the molecule is CCOc1nc(C)nc(C(=S)N(SCC)SCC)c1[N+](=O)[O-]. The van der Waals surface area contributed by atoms with Gasteiger partial charge < -0.3 is 4.74 Å². The van der Waals surface area contributed by atoms with E-state index in [1.54, 1.807) is 17.6 Å². The Bertz CT molecular complexity index is 551. The number of nitro groups is 1. The van der Waals surface area contributed by atoms with E-state index < -0.39 is 4.92 Å². The van der Waals surface area contributed by atoms with Gasteiger partial charge in [-0.15, -0.1) is 0 Å². The van der Waals surface area contributed by atoms with E-state index in [1.807, 2.05) is 13.8 Å². The molecular formula is C12H18N4O3S3. The van der Waals surface area contributed by atoms with Gasteiger partial charge in [-0.25, -0.2) is 8.69 Å². The van der Waals surface area contributed by atoms with Gasteiger partial charge in [-0.3, -0.25) is 10.1 Å². The highest BCUT2D eigenvalue weighted by molar-refractivity contribution is 8.13. The fourth-order valence-corrected chi connectivity index (χ4v) is 3.83. The number of nitrogens with zero attached hydrogens (tertiary/aromatic N) is 4. The van der Waals surface area contributed by atoms with Crippen LogP contribution in [0.4, 0.5) is 5.69 Å². The molecule has 0 aliphatic carbocycles. The standard InChI is InChI=1S/C12H18N4O3S3/c1-5-19-11-10(15(17)18)9(13-8(4)14-11)12(20)16(21-6-2)22-7-3/h5-7H2,1-4H3. The lowest BCUT2D eigenvalue weighted by Crippen LogP contribution is -2.21. The molecule has 10 heteroatoms. The maximum atomic E-state index is 11.4. The van der Waals surface area contributed by atoms with Crippen LogP contribution in [-0.2, 0) is 0 Å². The number of rotatable bonds is 8. The summed E-state index contributed by atoms with van der Waals surface area (Å²) >= 11 is 8.38. The van der Waals surface area contributed by atoms with E-state index in [9.17, 15) is 10.1 Å². The second-order valence-electron chi connectivity index (χ2n) is 3.86. The van der Waals surface area contributed by atoms with Crippen LogP contribution in [0.25, 0.3) is 0 Å². The van der Waals surface area contributed by atoms with Crippen LogP contribution >= 0.6 is 36.1 Å². The number of aromatic nitrogens is 2. The molecule has 122 valence electrons. The van der Waals surface area contributed by atoms with Crippen molar-refractivity contribution in [1.82, 2.24) is 13.7 Å². The van der Waals surface area contributed by atoms with Crippen LogP contribution in [0.2, 0.25) is 0 Å². The van der Waals surface area contributed by atoms with Gasteiger partial charge in [0.05, 0.1) is 11.5 Å². The highest BCUT2D eigenvalue weighted by Crippen LogP contribution is 2.33. The van der Waals surface area contributed by atoms with Crippen molar-refractivity contribution in [3.8, 4) is 5.88 Å². The second kappa shape index (κ2) is 9.11. The van der Waals surface area contributed by atoms with Gasteiger partial charge in [-0.2, -0.15) is 4.98 Å². The Morgan fingerprint density at radius 3 is 2.36 bits per heavy atom. The average Bonchev–Trinajstić information content (AvgIpc) is 2.45. The molecule has 0 saturated carbocycles. The summed E-state index contributed by atoms with van der Waals surface area (Å²) in [5.74, 6) is 1.93. The third-order valence-corrected chi connectivity index (χ3v) is 4.88. The molecule has 0 amide bonds. The monoisotopic (exact) mass is 362 g/mol. The van der Waals surface area contributed by atoms with Gasteiger partial charge in [0, 0.05) is 11.5 Å². The largest absolute Gasteiger partial charge is 0.473 e. The molecule has 0 unspecified atom stereocenters. The summed E-state index contributed by atoms with van der Waals surface area (Å²) in [6.07, 6.45) is 0. The molecule has 0 N–H and O–H groups in total. The van der Waals surface area contributed by atoms with E-state index in [4.69, 9.17) is 17.0 Å². The molecule has 1 aromatic rings. The third kappa shape index (κ3) is 4.68. The first-order chi connectivity index (χ1) is 10.5. The molecule has 0 radical (unpaired) electrons. The van der Waals surface area contributed by atoms with Gasteiger partial charge in [0.25, 0.3) is 5.88 Å². The lowest BCUT2D eigenvalue weighted by Gasteiger charge is -2.20. The predicted octanol–water partition coefficient (Wildman–Crippen LogP) is 3.41. The van der Waals surface area contributed by atoms with Crippen LogP contribution < -0.4 is 4.74 Å². The zero-order valence-electron chi connectivity index (χ0n) is 12.9. The molecule has 0 spiro atoms. The first-order valence-corrected chi connectivity index (χ1v) is 9.01.